The van der Waals surface area contributed by atoms with Crippen LogP contribution in [-0.4, -0.2) is 22.1 Å². The molecule has 116 valence electrons. The second-order valence-corrected chi connectivity index (χ2v) is 5.31. The third-order valence-corrected chi connectivity index (χ3v) is 3.81. The SMILES string of the molecule is CCOc1cccc([C@@H]2N=C(N)Nc3nc4ccccc4n32)c1. The maximum absolute atomic E-state index is 5.95. The number of hydrogen-bond acceptors (Lipinski definition) is 5. The number of hydrogen-bond donors (Lipinski definition) is 2. The van der Waals surface area contributed by atoms with Crippen molar-refractivity contribution >= 4 is 22.9 Å². The van der Waals surface area contributed by atoms with Gasteiger partial charge in [0.05, 0.1) is 17.6 Å². The molecule has 0 radical (unpaired) electrons. The molecular formula is C17H17N5O. The van der Waals surface area contributed by atoms with E-state index in [1.165, 1.54) is 0 Å². The van der Waals surface area contributed by atoms with Crippen molar-refractivity contribution in [3.05, 3.63) is 54.1 Å². The van der Waals surface area contributed by atoms with Crippen molar-refractivity contribution in [1.82, 2.24) is 9.55 Å². The lowest BCUT2D eigenvalue weighted by molar-refractivity contribution is 0.339. The van der Waals surface area contributed by atoms with Crippen molar-refractivity contribution in [2.24, 2.45) is 10.7 Å². The van der Waals surface area contributed by atoms with E-state index >= 15 is 0 Å². The second-order valence-electron chi connectivity index (χ2n) is 5.31. The number of para-hydroxylation sites is 2. The summed E-state index contributed by atoms with van der Waals surface area (Å²) in [6.45, 7) is 2.59. The smallest absolute Gasteiger partial charge is 0.212 e. The average molecular weight is 307 g/mol. The van der Waals surface area contributed by atoms with Gasteiger partial charge in [-0.05, 0) is 31.2 Å². The molecule has 0 bridgehead atoms. The number of nitrogens with one attached hydrogen (secondary N) is 1. The van der Waals surface area contributed by atoms with Gasteiger partial charge in [-0.2, -0.15) is 0 Å². The first-order valence-electron chi connectivity index (χ1n) is 7.56. The standard InChI is InChI=1S/C17H17N5O/c1-2-23-12-7-5-6-11(10-12)15-20-16(18)21-17-19-13-8-3-4-9-14(13)22(15)17/h3-10,15H,2H2,1H3,(H3,18,19,20,21)/t15-/m1/s1. The summed E-state index contributed by atoms with van der Waals surface area (Å²) >= 11 is 0. The van der Waals surface area contributed by atoms with Crippen LogP contribution in [0.3, 0.4) is 0 Å². The van der Waals surface area contributed by atoms with Crippen LogP contribution in [0.2, 0.25) is 0 Å². The molecule has 0 aliphatic carbocycles. The van der Waals surface area contributed by atoms with Crippen LogP contribution in [0.25, 0.3) is 11.0 Å². The van der Waals surface area contributed by atoms with E-state index in [4.69, 9.17) is 10.5 Å². The Bertz CT molecular complexity index is 899. The molecule has 6 heteroatoms. The van der Waals surface area contributed by atoms with Gasteiger partial charge in [0.25, 0.3) is 0 Å². The lowest BCUT2D eigenvalue weighted by Crippen LogP contribution is -2.31. The first kappa shape index (κ1) is 13.6. The van der Waals surface area contributed by atoms with E-state index in [1.807, 2.05) is 55.5 Å². The van der Waals surface area contributed by atoms with Gasteiger partial charge in [0, 0.05) is 5.56 Å². The minimum absolute atomic E-state index is 0.265. The zero-order valence-electron chi connectivity index (χ0n) is 12.7. The number of ether oxygens (including phenoxy) is 1. The normalized spacial score (nSPS) is 16.6. The maximum atomic E-state index is 5.95. The zero-order chi connectivity index (χ0) is 15.8. The van der Waals surface area contributed by atoms with Gasteiger partial charge in [0.15, 0.2) is 12.1 Å². The highest BCUT2D eigenvalue weighted by Gasteiger charge is 2.25. The Kier molecular flexibility index (Phi) is 3.15. The quantitative estimate of drug-likeness (QED) is 0.780. The van der Waals surface area contributed by atoms with Crippen molar-refractivity contribution < 1.29 is 4.74 Å². The van der Waals surface area contributed by atoms with Gasteiger partial charge in [-0.15, -0.1) is 0 Å². The number of fused-ring (bicyclic) bond motifs is 3. The molecule has 0 spiro atoms. The minimum atomic E-state index is -0.265. The summed E-state index contributed by atoms with van der Waals surface area (Å²) in [4.78, 5) is 9.17. The number of nitrogens with zero attached hydrogens (tertiary/aromatic N) is 3. The Hall–Kier alpha value is -3.02. The summed E-state index contributed by atoms with van der Waals surface area (Å²) in [7, 11) is 0. The second kappa shape index (κ2) is 5.31. The highest BCUT2D eigenvalue weighted by Crippen LogP contribution is 2.33. The van der Waals surface area contributed by atoms with E-state index in [-0.39, 0.29) is 6.17 Å². The van der Waals surface area contributed by atoms with Crippen molar-refractivity contribution in [1.29, 1.82) is 0 Å². The molecule has 3 aromatic rings. The predicted molar refractivity (Wildman–Crippen MR) is 90.7 cm³/mol. The fraction of sp³-hybridized carbons (Fsp3) is 0.176. The van der Waals surface area contributed by atoms with Crippen LogP contribution >= 0.6 is 0 Å². The summed E-state index contributed by atoms with van der Waals surface area (Å²) in [5.74, 6) is 1.88. The molecule has 1 aromatic heterocycles. The number of nitrogens with two attached hydrogens (primary N) is 1. The molecule has 3 N–H and O–H groups in total. The molecule has 6 nitrogen and oxygen atoms in total. The molecule has 1 aliphatic heterocycles. The van der Waals surface area contributed by atoms with Crippen LogP contribution in [0.15, 0.2) is 53.5 Å². The number of aliphatic imine (C=N–C) groups is 1. The monoisotopic (exact) mass is 307 g/mol. The molecule has 0 saturated heterocycles. The van der Waals surface area contributed by atoms with Crippen LogP contribution in [0, 0.1) is 0 Å². The van der Waals surface area contributed by atoms with Crippen molar-refractivity contribution in [3.8, 4) is 5.75 Å². The lowest BCUT2D eigenvalue weighted by atomic mass is 10.1. The van der Waals surface area contributed by atoms with E-state index in [1.54, 1.807) is 0 Å². The Morgan fingerprint density at radius 3 is 2.96 bits per heavy atom. The van der Waals surface area contributed by atoms with Crippen LogP contribution in [0.4, 0.5) is 5.95 Å². The number of rotatable bonds is 3. The predicted octanol–water partition coefficient (Wildman–Crippen LogP) is 2.72. The van der Waals surface area contributed by atoms with Crippen LogP contribution in [-0.2, 0) is 0 Å². The van der Waals surface area contributed by atoms with E-state index in [2.05, 4.69) is 19.9 Å². The molecule has 4 rings (SSSR count). The highest BCUT2D eigenvalue weighted by atomic mass is 16.5. The number of aromatic nitrogens is 2. The molecule has 2 aromatic carbocycles. The largest absolute Gasteiger partial charge is 0.494 e. The Balaban J connectivity index is 1.88. The van der Waals surface area contributed by atoms with Gasteiger partial charge in [-0.1, -0.05) is 24.3 Å². The molecular weight excluding hydrogens is 290 g/mol. The number of guanidine groups is 1. The zero-order valence-corrected chi connectivity index (χ0v) is 12.7. The molecule has 0 saturated carbocycles. The van der Waals surface area contributed by atoms with Crippen molar-refractivity contribution in [3.63, 3.8) is 0 Å². The van der Waals surface area contributed by atoms with E-state index in [9.17, 15) is 0 Å². The first-order valence-corrected chi connectivity index (χ1v) is 7.56. The summed E-state index contributed by atoms with van der Waals surface area (Å²) < 4.78 is 7.65. The van der Waals surface area contributed by atoms with Crippen molar-refractivity contribution in [2.45, 2.75) is 13.1 Å². The fourth-order valence-corrected chi connectivity index (χ4v) is 2.87. The molecule has 0 unspecified atom stereocenters. The Morgan fingerprint density at radius 2 is 2.09 bits per heavy atom. The topological polar surface area (TPSA) is 77.5 Å². The van der Waals surface area contributed by atoms with E-state index in [0.717, 1.165) is 22.3 Å². The van der Waals surface area contributed by atoms with Crippen molar-refractivity contribution in [2.75, 3.05) is 11.9 Å². The average Bonchev–Trinajstić information content (AvgIpc) is 2.92. The Morgan fingerprint density at radius 1 is 1.22 bits per heavy atom. The number of anilines is 1. The maximum Gasteiger partial charge on any atom is 0.212 e. The molecule has 23 heavy (non-hydrogen) atoms. The van der Waals surface area contributed by atoms with Crippen LogP contribution in [0.1, 0.15) is 18.7 Å². The van der Waals surface area contributed by atoms with E-state index in [0.29, 0.717) is 18.5 Å². The number of benzene rings is 2. The van der Waals surface area contributed by atoms with Crippen LogP contribution < -0.4 is 15.8 Å². The Labute approximate surface area is 133 Å². The van der Waals surface area contributed by atoms with Gasteiger partial charge in [-0.3, -0.25) is 9.88 Å². The third kappa shape index (κ3) is 2.28. The number of imidazole rings is 1. The lowest BCUT2D eigenvalue weighted by Gasteiger charge is -2.24. The van der Waals surface area contributed by atoms with E-state index < -0.39 is 0 Å². The fourth-order valence-electron chi connectivity index (χ4n) is 2.87. The molecule has 1 atom stereocenters. The van der Waals surface area contributed by atoms with Gasteiger partial charge in [0.1, 0.15) is 5.75 Å². The summed E-state index contributed by atoms with van der Waals surface area (Å²) in [6.07, 6.45) is -0.265. The van der Waals surface area contributed by atoms with Gasteiger partial charge >= 0.3 is 0 Å². The van der Waals surface area contributed by atoms with Gasteiger partial charge in [-0.25, -0.2) is 9.98 Å². The first-order chi connectivity index (χ1) is 11.3. The highest BCUT2D eigenvalue weighted by molar-refractivity contribution is 5.94. The van der Waals surface area contributed by atoms with Crippen LogP contribution in [0.5, 0.6) is 5.75 Å². The minimum Gasteiger partial charge on any atom is -0.494 e. The third-order valence-electron chi connectivity index (χ3n) is 3.81. The molecule has 0 fully saturated rings. The van der Waals surface area contributed by atoms with Gasteiger partial charge in [0.2, 0.25) is 5.95 Å². The summed E-state index contributed by atoms with van der Waals surface area (Å²) in [6, 6.07) is 15.9. The van der Waals surface area contributed by atoms with Gasteiger partial charge < -0.3 is 10.5 Å². The molecule has 1 aliphatic rings. The summed E-state index contributed by atoms with van der Waals surface area (Å²) in [5.41, 5.74) is 8.87. The molecule has 0 amide bonds. The summed E-state index contributed by atoms with van der Waals surface area (Å²) in [5, 5.41) is 3.04. The molecule has 2 heterocycles.